The molecule has 7 heteroatoms. The first-order chi connectivity index (χ1) is 10.4. The predicted octanol–water partition coefficient (Wildman–Crippen LogP) is 2.33. The third kappa shape index (κ3) is 8.51. The van der Waals surface area contributed by atoms with Crippen LogP contribution in [-0.2, 0) is 11.3 Å². The van der Waals surface area contributed by atoms with E-state index in [9.17, 15) is 4.79 Å². The van der Waals surface area contributed by atoms with Crippen LogP contribution < -0.4 is 16.0 Å². The summed E-state index contributed by atoms with van der Waals surface area (Å²) in [6.45, 7) is 10.0. The molecule has 0 spiro atoms. The average Bonchev–Trinajstić information content (AvgIpc) is 2.92. The zero-order valence-corrected chi connectivity index (χ0v) is 14.5. The summed E-state index contributed by atoms with van der Waals surface area (Å²) < 4.78 is 5.17. The maximum absolute atomic E-state index is 11.5. The molecule has 124 valence electrons. The van der Waals surface area contributed by atoms with Gasteiger partial charge < -0.3 is 20.7 Å². The lowest BCUT2D eigenvalue weighted by atomic mass is 10.2. The molecule has 0 aromatic carbocycles. The maximum Gasteiger partial charge on any atom is 0.407 e. The standard InChI is InChI=1S/C15H26N4O2S/c1-5-16-13(19-11-12-7-6-10-22-12)17-8-9-18-14(20)21-15(2,3)4/h6-7,10H,5,8-9,11H2,1-4H3,(H,18,20)(H2,16,17,19). The molecule has 1 heterocycles. The van der Waals surface area contributed by atoms with Crippen molar-refractivity contribution in [2.75, 3.05) is 19.6 Å². The highest BCUT2D eigenvalue weighted by molar-refractivity contribution is 7.09. The zero-order valence-electron chi connectivity index (χ0n) is 13.7. The Bertz CT molecular complexity index is 466. The Kier molecular flexibility index (Phi) is 7.73. The van der Waals surface area contributed by atoms with Crippen molar-refractivity contribution in [1.29, 1.82) is 0 Å². The van der Waals surface area contributed by atoms with Gasteiger partial charge in [0.2, 0.25) is 0 Å². The number of carbonyl (C=O) groups is 1. The van der Waals surface area contributed by atoms with Gasteiger partial charge in [-0.25, -0.2) is 9.79 Å². The number of nitrogens with one attached hydrogen (secondary N) is 3. The Hall–Kier alpha value is -1.76. The molecule has 0 saturated heterocycles. The van der Waals surface area contributed by atoms with Gasteiger partial charge in [0, 0.05) is 24.5 Å². The highest BCUT2D eigenvalue weighted by Crippen LogP contribution is 2.09. The molecule has 0 unspecified atom stereocenters. The first-order valence-electron chi connectivity index (χ1n) is 7.42. The first kappa shape index (κ1) is 18.3. The summed E-state index contributed by atoms with van der Waals surface area (Å²) >= 11 is 1.68. The largest absolute Gasteiger partial charge is 0.444 e. The Labute approximate surface area is 136 Å². The van der Waals surface area contributed by atoms with Gasteiger partial charge in [-0.2, -0.15) is 0 Å². The number of thiophene rings is 1. The summed E-state index contributed by atoms with van der Waals surface area (Å²) in [4.78, 5) is 17.2. The monoisotopic (exact) mass is 326 g/mol. The second-order valence-corrected chi connectivity index (χ2v) is 6.66. The van der Waals surface area contributed by atoms with E-state index in [2.05, 4.69) is 27.0 Å². The topological polar surface area (TPSA) is 74.8 Å². The van der Waals surface area contributed by atoms with Gasteiger partial charge in [0.15, 0.2) is 5.96 Å². The van der Waals surface area contributed by atoms with Crippen molar-refractivity contribution >= 4 is 23.4 Å². The Morgan fingerprint density at radius 1 is 1.27 bits per heavy atom. The van der Waals surface area contributed by atoms with Crippen LogP contribution in [0.1, 0.15) is 32.6 Å². The zero-order chi connectivity index (χ0) is 16.4. The molecular weight excluding hydrogens is 300 g/mol. The van der Waals surface area contributed by atoms with Crippen LogP contribution in [0.5, 0.6) is 0 Å². The van der Waals surface area contributed by atoms with E-state index in [4.69, 9.17) is 4.74 Å². The average molecular weight is 326 g/mol. The fourth-order valence-electron chi connectivity index (χ4n) is 1.56. The molecule has 0 aliphatic carbocycles. The van der Waals surface area contributed by atoms with Crippen molar-refractivity contribution in [3.8, 4) is 0 Å². The van der Waals surface area contributed by atoms with Crippen molar-refractivity contribution in [2.24, 2.45) is 4.99 Å². The van der Waals surface area contributed by atoms with Crippen LogP contribution in [-0.4, -0.2) is 37.3 Å². The summed E-state index contributed by atoms with van der Waals surface area (Å²) in [7, 11) is 0. The first-order valence-corrected chi connectivity index (χ1v) is 8.30. The van der Waals surface area contributed by atoms with Crippen LogP contribution in [0.4, 0.5) is 4.79 Å². The van der Waals surface area contributed by atoms with Gasteiger partial charge in [-0.15, -0.1) is 11.3 Å². The van der Waals surface area contributed by atoms with Crippen LogP contribution in [0.15, 0.2) is 22.5 Å². The normalized spacial score (nSPS) is 11.9. The van der Waals surface area contributed by atoms with Gasteiger partial charge >= 0.3 is 6.09 Å². The van der Waals surface area contributed by atoms with Crippen LogP contribution in [0.25, 0.3) is 0 Å². The van der Waals surface area contributed by atoms with E-state index < -0.39 is 11.7 Å². The number of alkyl carbamates (subject to hydrolysis) is 1. The molecule has 0 atom stereocenters. The fraction of sp³-hybridized carbons (Fsp3) is 0.600. The molecule has 0 radical (unpaired) electrons. The minimum atomic E-state index is -0.478. The summed E-state index contributed by atoms with van der Waals surface area (Å²) in [6.07, 6.45) is -0.408. The molecule has 1 aromatic heterocycles. The van der Waals surface area contributed by atoms with Gasteiger partial charge in [0.05, 0.1) is 6.54 Å². The SMILES string of the molecule is CCNC(=NCc1cccs1)NCCNC(=O)OC(C)(C)C. The van der Waals surface area contributed by atoms with E-state index in [1.165, 1.54) is 4.88 Å². The van der Waals surface area contributed by atoms with Crippen LogP contribution in [0.2, 0.25) is 0 Å². The number of nitrogens with zero attached hydrogens (tertiary/aromatic N) is 1. The lowest BCUT2D eigenvalue weighted by Gasteiger charge is -2.19. The van der Waals surface area contributed by atoms with Crippen molar-refractivity contribution < 1.29 is 9.53 Å². The number of rotatable bonds is 6. The summed E-state index contributed by atoms with van der Waals surface area (Å²) in [5.41, 5.74) is -0.478. The van der Waals surface area contributed by atoms with Crippen molar-refractivity contribution in [1.82, 2.24) is 16.0 Å². The summed E-state index contributed by atoms with van der Waals surface area (Å²) in [5, 5.41) is 11.1. The Morgan fingerprint density at radius 2 is 2.00 bits per heavy atom. The highest BCUT2D eigenvalue weighted by atomic mass is 32.1. The number of amides is 1. The van der Waals surface area contributed by atoms with Crippen LogP contribution >= 0.6 is 11.3 Å². The second-order valence-electron chi connectivity index (χ2n) is 5.63. The summed E-state index contributed by atoms with van der Waals surface area (Å²) in [5.74, 6) is 0.738. The Morgan fingerprint density at radius 3 is 2.59 bits per heavy atom. The predicted molar refractivity (Wildman–Crippen MR) is 91.4 cm³/mol. The molecule has 1 amide bonds. The lowest BCUT2D eigenvalue weighted by Crippen LogP contribution is -2.42. The van der Waals surface area contributed by atoms with Crippen LogP contribution in [0.3, 0.4) is 0 Å². The molecule has 0 aliphatic rings. The van der Waals surface area contributed by atoms with Gasteiger partial charge in [-0.05, 0) is 39.1 Å². The van der Waals surface area contributed by atoms with Crippen molar-refractivity contribution in [2.45, 2.75) is 39.8 Å². The second kappa shape index (κ2) is 9.30. The molecule has 1 aromatic rings. The molecule has 1 rings (SSSR count). The van der Waals surface area contributed by atoms with E-state index in [1.54, 1.807) is 11.3 Å². The van der Waals surface area contributed by atoms with Crippen LogP contribution in [0, 0.1) is 0 Å². The van der Waals surface area contributed by atoms with E-state index in [0.717, 1.165) is 12.5 Å². The van der Waals surface area contributed by atoms with Gasteiger partial charge in [-0.3, -0.25) is 0 Å². The van der Waals surface area contributed by atoms with E-state index in [0.29, 0.717) is 19.6 Å². The number of carbonyl (C=O) groups excluding carboxylic acids is 1. The lowest BCUT2D eigenvalue weighted by molar-refractivity contribution is 0.0529. The molecule has 0 saturated carbocycles. The van der Waals surface area contributed by atoms with E-state index in [1.807, 2.05) is 39.1 Å². The molecule has 0 bridgehead atoms. The quantitative estimate of drug-likeness (QED) is 0.426. The number of ether oxygens (including phenoxy) is 1. The third-order valence-electron chi connectivity index (χ3n) is 2.40. The molecular formula is C15H26N4O2S. The minimum Gasteiger partial charge on any atom is -0.444 e. The number of hydrogen-bond donors (Lipinski definition) is 3. The van der Waals surface area contributed by atoms with E-state index >= 15 is 0 Å². The highest BCUT2D eigenvalue weighted by Gasteiger charge is 2.15. The molecule has 3 N–H and O–H groups in total. The van der Waals surface area contributed by atoms with Gasteiger partial charge in [0.25, 0.3) is 0 Å². The fourth-order valence-corrected chi connectivity index (χ4v) is 2.19. The van der Waals surface area contributed by atoms with E-state index in [-0.39, 0.29) is 0 Å². The van der Waals surface area contributed by atoms with Crippen molar-refractivity contribution in [3.63, 3.8) is 0 Å². The molecule has 0 aliphatic heterocycles. The molecule has 0 fully saturated rings. The third-order valence-corrected chi connectivity index (χ3v) is 3.26. The van der Waals surface area contributed by atoms with Gasteiger partial charge in [0.1, 0.15) is 5.60 Å². The van der Waals surface area contributed by atoms with Gasteiger partial charge in [-0.1, -0.05) is 6.07 Å². The molecule has 22 heavy (non-hydrogen) atoms. The number of guanidine groups is 1. The minimum absolute atomic E-state index is 0.408. The van der Waals surface area contributed by atoms with Crippen molar-refractivity contribution in [3.05, 3.63) is 22.4 Å². The maximum atomic E-state index is 11.5. The number of hydrogen-bond acceptors (Lipinski definition) is 4. The molecule has 6 nitrogen and oxygen atoms in total. The number of aliphatic imine (C=N–C) groups is 1. The Balaban J connectivity index is 2.29. The summed E-state index contributed by atoms with van der Waals surface area (Å²) in [6, 6.07) is 4.07. The smallest absolute Gasteiger partial charge is 0.407 e.